The number of ether oxygens (including phenoxy) is 1. The van der Waals surface area contributed by atoms with Crippen LogP contribution in [0.1, 0.15) is 68.2 Å². The highest BCUT2D eigenvalue weighted by Gasteiger charge is 2.32. The third-order valence-corrected chi connectivity index (χ3v) is 10.00. The van der Waals surface area contributed by atoms with Gasteiger partial charge in [-0.15, -0.1) is 0 Å². The Morgan fingerprint density at radius 2 is 1.35 bits per heavy atom. The van der Waals surface area contributed by atoms with Gasteiger partial charge in [-0.05, 0) is 70.7 Å². The van der Waals surface area contributed by atoms with Gasteiger partial charge in [0.25, 0.3) is 0 Å². The van der Waals surface area contributed by atoms with Gasteiger partial charge in [-0.1, -0.05) is 112 Å². The second kappa shape index (κ2) is 19.4. The van der Waals surface area contributed by atoms with Crippen molar-refractivity contribution in [3.8, 4) is 11.1 Å². The minimum atomic E-state index is -0.889. The number of hydrogen-bond donors (Lipinski definition) is 5. The summed E-state index contributed by atoms with van der Waals surface area (Å²) in [6.45, 7) is 6.23. The maximum absolute atomic E-state index is 13.8. The zero-order valence-electron chi connectivity index (χ0n) is 31.7. The lowest BCUT2D eigenvalue weighted by atomic mass is 9.89. The summed E-state index contributed by atoms with van der Waals surface area (Å²) in [4.78, 5) is 64.5. The summed E-state index contributed by atoms with van der Waals surface area (Å²) in [5.41, 5.74) is 12.1. The molecular formula is C44H51N5O6. The van der Waals surface area contributed by atoms with Crippen molar-refractivity contribution in [3.05, 3.63) is 125 Å². The Bertz CT molecular complexity index is 1900. The molecule has 0 fully saturated rings. The molecule has 0 aliphatic heterocycles. The first-order valence-corrected chi connectivity index (χ1v) is 18.9. The minimum Gasteiger partial charge on any atom is -0.449 e. The van der Waals surface area contributed by atoms with Crippen LogP contribution in [-0.2, 0) is 32.1 Å². The van der Waals surface area contributed by atoms with E-state index >= 15 is 0 Å². The van der Waals surface area contributed by atoms with Crippen LogP contribution in [0, 0.1) is 17.8 Å². The Labute approximate surface area is 322 Å². The summed E-state index contributed by atoms with van der Waals surface area (Å²) in [5, 5.41) is 11.2. The maximum atomic E-state index is 13.8. The van der Waals surface area contributed by atoms with Crippen LogP contribution in [0.2, 0.25) is 0 Å². The van der Waals surface area contributed by atoms with E-state index in [1.807, 2.05) is 99.6 Å². The molecule has 0 saturated carbocycles. The zero-order chi connectivity index (χ0) is 39.3. The number of anilines is 1. The van der Waals surface area contributed by atoms with Crippen molar-refractivity contribution in [2.24, 2.45) is 23.5 Å². The van der Waals surface area contributed by atoms with Crippen molar-refractivity contribution >= 4 is 35.4 Å². The summed E-state index contributed by atoms with van der Waals surface area (Å²) >= 11 is 0. The number of Topliss-reactive ketones (excluding diaryl/α,β-unsaturated/α-hetero) is 1. The van der Waals surface area contributed by atoms with Gasteiger partial charge < -0.3 is 31.7 Å². The molecule has 0 unspecified atom stereocenters. The summed E-state index contributed by atoms with van der Waals surface area (Å²) in [6, 6.07) is 31.5. The van der Waals surface area contributed by atoms with Gasteiger partial charge >= 0.3 is 12.1 Å². The molecule has 5 rings (SSSR count). The topological polar surface area (TPSA) is 169 Å². The Hall–Kier alpha value is -5.97. The lowest BCUT2D eigenvalue weighted by Gasteiger charge is -2.24. The van der Waals surface area contributed by atoms with Crippen LogP contribution in [0.25, 0.3) is 11.1 Å². The van der Waals surface area contributed by atoms with E-state index in [-0.39, 0.29) is 54.9 Å². The molecule has 5 amide bonds. The van der Waals surface area contributed by atoms with Crippen molar-refractivity contribution in [2.75, 3.05) is 18.5 Å². The number of hydrogen-bond acceptors (Lipinski definition) is 6. The molecule has 0 saturated heterocycles. The van der Waals surface area contributed by atoms with Crippen molar-refractivity contribution in [1.29, 1.82) is 0 Å². The fraction of sp³-hybridized carbons (Fsp3) is 0.341. The van der Waals surface area contributed by atoms with Crippen LogP contribution in [-0.4, -0.2) is 48.9 Å². The van der Waals surface area contributed by atoms with Gasteiger partial charge in [0.15, 0.2) is 5.78 Å². The maximum Gasteiger partial charge on any atom is 0.407 e. The van der Waals surface area contributed by atoms with Crippen molar-refractivity contribution in [3.63, 3.8) is 0 Å². The van der Waals surface area contributed by atoms with Crippen LogP contribution in [0.5, 0.6) is 0 Å². The molecule has 0 aromatic heterocycles. The van der Waals surface area contributed by atoms with Crippen molar-refractivity contribution in [2.45, 2.75) is 65.0 Å². The van der Waals surface area contributed by atoms with E-state index in [0.717, 1.165) is 33.4 Å². The number of ketones is 1. The molecule has 1 aliphatic rings. The Morgan fingerprint density at radius 1 is 0.727 bits per heavy atom. The predicted molar refractivity (Wildman–Crippen MR) is 213 cm³/mol. The molecule has 3 atom stereocenters. The molecule has 0 spiro atoms. The van der Waals surface area contributed by atoms with Gasteiger partial charge in [0.1, 0.15) is 6.61 Å². The number of rotatable bonds is 18. The molecule has 0 radical (unpaired) electrons. The molecule has 0 heterocycles. The van der Waals surface area contributed by atoms with Crippen LogP contribution < -0.4 is 27.0 Å². The summed E-state index contributed by atoms with van der Waals surface area (Å²) in [5.74, 6) is -2.07. The number of nitrogens with one attached hydrogen (secondary N) is 4. The monoisotopic (exact) mass is 745 g/mol. The van der Waals surface area contributed by atoms with Gasteiger partial charge in [-0.25, -0.2) is 9.59 Å². The van der Waals surface area contributed by atoms with Gasteiger partial charge in [-0.3, -0.25) is 14.4 Å². The fourth-order valence-electron chi connectivity index (χ4n) is 7.02. The van der Waals surface area contributed by atoms with Gasteiger partial charge in [0.05, 0.1) is 6.04 Å². The smallest absolute Gasteiger partial charge is 0.407 e. The molecule has 288 valence electrons. The van der Waals surface area contributed by atoms with Gasteiger partial charge in [0.2, 0.25) is 11.8 Å². The molecule has 4 aromatic rings. The molecule has 4 aromatic carbocycles. The van der Waals surface area contributed by atoms with Crippen molar-refractivity contribution in [1.82, 2.24) is 16.0 Å². The van der Waals surface area contributed by atoms with E-state index in [2.05, 4.69) is 33.4 Å². The van der Waals surface area contributed by atoms with E-state index in [1.165, 1.54) is 0 Å². The van der Waals surface area contributed by atoms with Crippen LogP contribution >= 0.6 is 0 Å². The number of carbonyl (C=O) groups is 5. The minimum absolute atomic E-state index is 0.0487. The first-order valence-electron chi connectivity index (χ1n) is 18.9. The van der Waals surface area contributed by atoms with Crippen LogP contribution in [0.3, 0.4) is 0 Å². The second-order valence-electron chi connectivity index (χ2n) is 14.5. The molecule has 0 bridgehead atoms. The molecule has 11 nitrogen and oxygen atoms in total. The number of amides is 5. The third-order valence-electron chi connectivity index (χ3n) is 10.00. The molecule has 55 heavy (non-hydrogen) atoms. The average molecular weight is 746 g/mol. The molecule has 11 heteroatoms. The highest BCUT2D eigenvalue weighted by molar-refractivity contribution is 5.97. The zero-order valence-corrected chi connectivity index (χ0v) is 31.7. The normalized spacial score (nSPS) is 13.5. The lowest BCUT2D eigenvalue weighted by molar-refractivity contribution is -0.128. The predicted octanol–water partition coefficient (Wildman–Crippen LogP) is 6.71. The quantitative estimate of drug-likeness (QED) is 0.0710. The van der Waals surface area contributed by atoms with E-state index < -0.39 is 24.1 Å². The van der Waals surface area contributed by atoms with E-state index in [4.69, 9.17) is 10.5 Å². The van der Waals surface area contributed by atoms with E-state index in [9.17, 15) is 24.0 Å². The largest absolute Gasteiger partial charge is 0.449 e. The first-order chi connectivity index (χ1) is 26.5. The average Bonchev–Trinajstić information content (AvgIpc) is 3.50. The SMILES string of the molecule is CC(C)[C@H](NC(=O)OCC1c2ccccc2-c2ccccc21)C(=O)C[C@@H](CCCNC(N)=O)C(=O)Nc1ccc(CNC(=O)[C@@H](C)Cc2ccccc2)cc1. The van der Waals surface area contributed by atoms with E-state index in [0.29, 0.717) is 31.5 Å². The number of fused-ring (bicyclic) bond motifs is 3. The van der Waals surface area contributed by atoms with Gasteiger partial charge in [-0.2, -0.15) is 0 Å². The highest BCUT2D eigenvalue weighted by Crippen LogP contribution is 2.44. The number of benzene rings is 4. The lowest BCUT2D eigenvalue weighted by Crippen LogP contribution is -2.46. The molecule has 6 N–H and O–H groups in total. The standard InChI is InChI=1S/C44H51N5O6/c1-28(2)40(49-44(54)55-27-38-36-17-9-7-15-34(36)35-16-8-10-18-37(35)38)39(50)25-32(14-11-23-46-43(45)53)42(52)48-33-21-19-31(20-22-33)26-47-41(51)29(3)24-30-12-5-4-6-13-30/h4-10,12-13,15-22,28-29,32,38,40H,11,14,23-27H2,1-3H3,(H,47,51)(H,48,52)(H,49,54)(H3,45,46,53)/t29-,32+,40-/m0/s1. The number of alkyl carbamates (subject to hydrolysis) is 1. The number of nitrogens with two attached hydrogens (primary N) is 1. The number of urea groups is 1. The fourth-order valence-corrected chi connectivity index (χ4v) is 7.02. The first kappa shape index (κ1) is 40.2. The van der Waals surface area contributed by atoms with Crippen LogP contribution in [0.15, 0.2) is 103 Å². The Kier molecular flexibility index (Phi) is 14.2. The van der Waals surface area contributed by atoms with Crippen LogP contribution in [0.4, 0.5) is 15.3 Å². The molecular weight excluding hydrogens is 695 g/mol. The highest BCUT2D eigenvalue weighted by atomic mass is 16.5. The van der Waals surface area contributed by atoms with Crippen molar-refractivity contribution < 1.29 is 28.7 Å². The Balaban J connectivity index is 1.16. The Morgan fingerprint density at radius 3 is 1.96 bits per heavy atom. The number of primary amides is 1. The van der Waals surface area contributed by atoms with E-state index in [1.54, 1.807) is 12.1 Å². The summed E-state index contributed by atoms with van der Waals surface area (Å²) < 4.78 is 5.72. The summed E-state index contributed by atoms with van der Waals surface area (Å²) in [6.07, 6.45) is 0.493. The molecule has 1 aliphatic carbocycles. The van der Waals surface area contributed by atoms with Gasteiger partial charge in [0, 0.05) is 43.0 Å². The number of carbonyl (C=O) groups excluding carboxylic acids is 5. The third kappa shape index (κ3) is 11.3. The second-order valence-corrected chi connectivity index (χ2v) is 14.5. The summed E-state index contributed by atoms with van der Waals surface area (Å²) in [7, 11) is 0.